The molecule has 0 saturated carbocycles. The number of carbonyl (C=O) groups excluding carboxylic acids is 1. The normalized spacial score (nSPS) is 11.4. The van der Waals surface area contributed by atoms with Gasteiger partial charge in [-0.1, -0.05) is 32.9 Å². The highest BCUT2D eigenvalue weighted by Gasteiger charge is 2.17. The molecule has 0 bridgehead atoms. The zero-order chi connectivity index (χ0) is 15.5. The Bertz CT molecular complexity index is 629. The first-order valence-electron chi connectivity index (χ1n) is 6.79. The second kappa shape index (κ2) is 6.26. The van der Waals surface area contributed by atoms with Gasteiger partial charge in [-0.3, -0.25) is 4.79 Å². The van der Waals surface area contributed by atoms with Gasteiger partial charge in [0.25, 0.3) is 0 Å². The van der Waals surface area contributed by atoms with Gasteiger partial charge in [-0.05, 0) is 17.7 Å². The van der Waals surface area contributed by atoms with Crippen molar-refractivity contribution >= 4 is 23.0 Å². The molecular formula is C16H20N2O2S. The van der Waals surface area contributed by atoms with Crippen LogP contribution in [-0.4, -0.2) is 11.0 Å². The maximum atomic E-state index is 11.8. The van der Waals surface area contributed by atoms with Gasteiger partial charge in [-0.15, -0.1) is 11.3 Å². The fourth-order valence-corrected chi connectivity index (χ4v) is 2.72. The summed E-state index contributed by atoms with van der Waals surface area (Å²) in [6, 6.07) is 7.26. The van der Waals surface area contributed by atoms with Crippen LogP contribution in [0.25, 0.3) is 0 Å². The van der Waals surface area contributed by atoms with Gasteiger partial charge in [0.1, 0.15) is 11.6 Å². The van der Waals surface area contributed by atoms with Crippen LogP contribution in [0.2, 0.25) is 0 Å². The van der Waals surface area contributed by atoms with Crippen LogP contribution in [0, 0.1) is 0 Å². The van der Waals surface area contributed by atoms with Crippen LogP contribution in [0.15, 0.2) is 29.6 Å². The molecule has 2 rings (SSSR count). The highest BCUT2D eigenvalue weighted by Crippen LogP contribution is 2.24. The van der Waals surface area contributed by atoms with E-state index in [1.165, 1.54) is 11.3 Å². The van der Waals surface area contributed by atoms with Crippen LogP contribution >= 0.6 is 11.3 Å². The van der Waals surface area contributed by atoms with E-state index in [4.69, 9.17) is 10.5 Å². The molecule has 0 unspecified atom stereocenters. The van der Waals surface area contributed by atoms with E-state index in [0.717, 1.165) is 16.3 Å². The second-order valence-corrected chi connectivity index (χ2v) is 6.90. The van der Waals surface area contributed by atoms with Crippen LogP contribution < -0.4 is 5.73 Å². The summed E-state index contributed by atoms with van der Waals surface area (Å²) in [5.41, 5.74) is 8.22. The third-order valence-corrected chi connectivity index (χ3v) is 3.80. The van der Waals surface area contributed by atoms with Crippen molar-refractivity contribution in [2.24, 2.45) is 0 Å². The smallest absolute Gasteiger partial charge is 0.310 e. The van der Waals surface area contributed by atoms with Gasteiger partial charge in [-0.25, -0.2) is 4.98 Å². The van der Waals surface area contributed by atoms with Gasteiger partial charge in [-0.2, -0.15) is 0 Å². The first-order chi connectivity index (χ1) is 9.84. The summed E-state index contributed by atoms with van der Waals surface area (Å²) in [7, 11) is 0. The minimum atomic E-state index is -0.270. The standard InChI is InChI=1S/C16H20N2O2S/c1-16(2,3)13-10-21-14(18-13)9-20-15(19)8-11-5-4-6-12(17)7-11/h4-7,10H,8-9,17H2,1-3H3. The monoisotopic (exact) mass is 304 g/mol. The third-order valence-electron chi connectivity index (χ3n) is 2.98. The molecule has 0 radical (unpaired) electrons. The average molecular weight is 304 g/mol. The predicted octanol–water partition coefficient (Wildman–Crippen LogP) is 3.31. The molecule has 0 atom stereocenters. The molecule has 0 saturated heterocycles. The minimum absolute atomic E-state index is 0.0142. The van der Waals surface area contributed by atoms with Crippen LogP contribution in [0.5, 0.6) is 0 Å². The number of nitrogens with zero attached hydrogens (tertiary/aromatic N) is 1. The van der Waals surface area contributed by atoms with Crippen LogP contribution in [0.4, 0.5) is 5.69 Å². The Morgan fingerprint density at radius 2 is 2.14 bits per heavy atom. The maximum absolute atomic E-state index is 11.8. The van der Waals surface area contributed by atoms with Crippen molar-refractivity contribution in [3.05, 3.63) is 45.9 Å². The molecule has 5 heteroatoms. The predicted molar refractivity (Wildman–Crippen MR) is 85.2 cm³/mol. The number of nitrogens with two attached hydrogens (primary N) is 1. The number of hydrogen-bond acceptors (Lipinski definition) is 5. The molecule has 1 aromatic heterocycles. The van der Waals surface area contributed by atoms with Gasteiger partial charge >= 0.3 is 5.97 Å². The molecule has 0 fully saturated rings. The lowest BCUT2D eigenvalue weighted by Crippen LogP contribution is -2.12. The van der Waals surface area contributed by atoms with Crippen molar-refractivity contribution in [3.8, 4) is 0 Å². The van der Waals surface area contributed by atoms with Gasteiger partial charge < -0.3 is 10.5 Å². The molecule has 0 spiro atoms. The Labute approximate surface area is 129 Å². The number of carbonyl (C=O) groups is 1. The number of benzene rings is 1. The van der Waals surface area contributed by atoms with Crippen molar-refractivity contribution in [1.82, 2.24) is 4.98 Å². The SMILES string of the molecule is CC(C)(C)c1csc(COC(=O)Cc2cccc(N)c2)n1. The van der Waals surface area contributed by atoms with Gasteiger partial charge in [0.2, 0.25) is 0 Å². The fourth-order valence-electron chi connectivity index (χ4n) is 1.78. The second-order valence-electron chi connectivity index (χ2n) is 5.96. The zero-order valence-electron chi connectivity index (χ0n) is 12.6. The number of thiazole rings is 1. The fraction of sp³-hybridized carbons (Fsp3) is 0.375. The number of rotatable bonds is 4. The Hall–Kier alpha value is -1.88. The third kappa shape index (κ3) is 4.56. The Balaban J connectivity index is 1.88. The summed E-state index contributed by atoms with van der Waals surface area (Å²) < 4.78 is 5.27. The molecular weight excluding hydrogens is 284 g/mol. The van der Waals surface area contributed by atoms with E-state index >= 15 is 0 Å². The Morgan fingerprint density at radius 1 is 1.38 bits per heavy atom. The van der Waals surface area contributed by atoms with Crippen molar-refractivity contribution in [3.63, 3.8) is 0 Å². The Morgan fingerprint density at radius 3 is 2.76 bits per heavy atom. The highest BCUT2D eigenvalue weighted by atomic mass is 32.1. The molecule has 0 aliphatic heterocycles. The summed E-state index contributed by atoms with van der Waals surface area (Å²) in [4.78, 5) is 16.3. The lowest BCUT2D eigenvalue weighted by molar-refractivity contribution is -0.144. The number of esters is 1. The van der Waals surface area contributed by atoms with E-state index in [-0.39, 0.29) is 24.4 Å². The average Bonchev–Trinajstić information content (AvgIpc) is 2.85. The summed E-state index contributed by atoms with van der Waals surface area (Å²) in [6.45, 7) is 6.55. The quantitative estimate of drug-likeness (QED) is 0.695. The first-order valence-corrected chi connectivity index (χ1v) is 7.67. The molecule has 21 heavy (non-hydrogen) atoms. The first kappa shape index (κ1) is 15.5. The number of ether oxygens (including phenoxy) is 1. The number of nitrogen functional groups attached to an aromatic ring is 1. The molecule has 1 heterocycles. The molecule has 1 aromatic carbocycles. The number of hydrogen-bond donors (Lipinski definition) is 1. The summed E-state index contributed by atoms with van der Waals surface area (Å²) in [6.07, 6.45) is 0.225. The molecule has 4 nitrogen and oxygen atoms in total. The van der Waals surface area contributed by atoms with Crippen LogP contribution in [0.3, 0.4) is 0 Å². The maximum Gasteiger partial charge on any atom is 0.310 e. The molecule has 0 aliphatic rings. The largest absolute Gasteiger partial charge is 0.458 e. The van der Waals surface area contributed by atoms with Crippen molar-refractivity contribution in [2.75, 3.05) is 5.73 Å². The molecule has 2 aromatic rings. The Kier molecular flexibility index (Phi) is 4.63. The lowest BCUT2D eigenvalue weighted by Gasteiger charge is -2.14. The molecule has 0 amide bonds. The highest BCUT2D eigenvalue weighted by molar-refractivity contribution is 7.09. The molecule has 0 aliphatic carbocycles. The van der Waals surface area contributed by atoms with Crippen molar-refractivity contribution in [1.29, 1.82) is 0 Å². The van der Waals surface area contributed by atoms with E-state index in [0.29, 0.717) is 5.69 Å². The van der Waals surface area contributed by atoms with Gasteiger partial charge in [0, 0.05) is 16.5 Å². The van der Waals surface area contributed by atoms with Crippen LogP contribution in [-0.2, 0) is 28.0 Å². The number of aromatic nitrogens is 1. The summed E-state index contributed by atoms with van der Waals surface area (Å²) in [5.74, 6) is -0.270. The van der Waals surface area contributed by atoms with E-state index in [9.17, 15) is 4.79 Å². The topological polar surface area (TPSA) is 65.2 Å². The van der Waals surface area contributed by atoms with E-state index < -0.39 is 0 Å². The van der Waals surface area contributed by atoms with Crippen LogP contribution in [0.1, 0.15) is 37.0 Å². The van der Waals surface area contributed by atoms with Gasteiger partial charge in [0.15, 0.2) is 0 Å². The van der Waals surface area contributed by atoms with E-state index in [2.05, 4.69) is 25.8 Å². The molecule has 2 N–H and O–H groups in total. The van der Waals surface area contributed by atoms with E-state index in [1.807, 2.05) is 17.5 Å². The van der Waals surface area contributed by atoms with Crippen molar-refractivity contribution < 1.29 is 9.53 Å². The van der Waals surface area contributed by atoms with Crippen molar-refractivity contribution in [2.45, 2.75) is 39.2 Å². The number of anilines is 1. The van der Waals surface area contributed by atoms with E-state index in [1.54, 1.807) is 12.1 Å². The zero-order valence-corrected chi connectivity index (χ0v) is 13.4. The molecule has 112 valence electrons. The summed E-state index contributed by atoms with van der Waals surface area (Å²) >= 11 is 1.52. The van der Waals surface area contributed by atoms with Gasteiger partial charge in [0.05, 0.1) is 12.1 Å². The minimum Gasteiger partial charge on any atom is -0.458 e. The lowest BCUT2D eigenvalue weighted by atomic mass is 9.93. The summed E-state index contributed by atoms with van der Waals surface area (Å²) in [5, 5.41) is 2.84.